The molecule has 9 nitrogen and oxygen atoms in total. The summed E-state index contributed by atoms with van der Waals surface area (Å²) in [7, 11) is 0. The second-order valence-corrected chi connectivity index (χ2v) is 7.01. The molecule has 0 aliphatic carbocycles. The van der Waals surface area contributed by atoms with Crippen LogP contribution in [0, 0.1) is 18.3 Å². The highest BCUT2D eigenvalue weighted by Gasteiger charge is 2.20. The summed E-state index contributed by atoms with van der Waals surface area (Å²) >= 11 is 0. The quantitative estimate of drug-likeness (QED) is 0.359. The zero-order chi connectivity index (χ0) is 23.2. The van der Waals surface area contributed by atoms with Crippen LogP contribution in [0.4, 0.5) is 22.7 Å². The lowest BCUT2D eigenvalue weighted by Crippen LogP contribution is -2.22. The Morgan fingerprint density at radius 3 is 2.09 bits per heavy atom. The second-order valence-electron chi connectivity index (χ2n) is 7.01. The van der Waals surface area contributed by atoms with Crippen LogP contribution in [0.3, 0.4) is 0 Å². The molecule has 0 aliphatic rings. The van der Waals surface area contributed by atoms with E-state index < -0.39 is 11.4 Å². The van der Waals surface area contributed by atoms with Crippen LogP contribution in [0.15, 0.2) is 103 Å². The predicted molar refractivity (Wildman–Crippen MR) is 121 cm³/mol. The first-order valence-electron chi connectivity index (χ1n) is 9.94. The molecule has 2 aromatic heterocycles. The molecule has 0 radical (unpaired) electrons. The van der Waals surface area contributed by atoms with Gasteiger partial charge >= 0.3 is 0 Å². The molecular weight excluding hydrogens is 420 g/mol. The SMILES string of the molecule is Cc1c(C#N)c(O)n(Cc2ccco2)c(=O)c1N=Nc1ccc(N=Nc2ccccc2)cc1. The molecule has 0 fully saturated rings. The third kappa shape index (κ3) is 4.75. The number of pyridine rings is 1. The molecule has 0 unspecified atom stereocenters. The fourth-order valence-corrected chi connectivity index (χ4v) is 3.07. The van der Waals surface area contributed by atoms with Gasteiger partial charge in [-0.05, 0) is 55.5 Å². The number of aromatic nitrogens is 1. The van der Waals surface area contributed by atoms with Crippen LogP contribution in [-0.4, -0.2) is 9.67 Å². The molecule has 4 rings (SSSR count). The smallest absolute Gasteiger partial charge is 0.281 e. The summed E-state index contributed by atoms with van der Waals surface area (Å²) in [6, 6.07) is 21.4. The number of hydrogen-bond donors (Lipinski definition) is 1. The Bertz CT molecular complexity index is 1410. The number of azo groups is 2. The van der Waals surface area contributed by atoms with Crippen molar-refractivity contribution in [3.05, 3.63) is 100 Å². The van der Waals surface area contributed by atoms with Crippen molar-refractivity contribution in [1.29, 1.82) is 5.26 Å². The predicted octanol–water partition coefficient (Wildman–Crippen LogP) is 6.21. The van der Waals surface area contributed by atoms with Crippen molar-refractivity contribution in [1.82, 2.24) is 4.57 Å². The van der Waals surface area contributed by atoms with Crippen LogP contribution in [0.25, 0.3) is 0 Å². The molecule has 0 bridgehead atoms. The van der Waals surface area contributed by atoms with Gasteiger partial charge in [0.2, 0.25) is 5.88 Å². The molecule has 0 amide bonds. The van der Waals surface area contributed by atoms with E-state index in [1.54, 1.807) is 43.3 Å². The Kier molecular flexibility index (Phi) is 6.18. The van der Waals surface area contributed by atoms with Crippen LogP contribution < -0.4 is 5.56 Å². The average Bonchev–Trinajstić information content (AvgIpc) is 3.35. The van der Waals surface area contributed by atoms with Crippen LogP contribution in [0.2, 0.25) is 0 Å². The number of aromatic hydroxyl groups is 1. The van der Waals surface area contributed by atoms with E-state index in [9.17, 15) is 15.2 Å². The van der Waals surface area contributed by atoms with Gasteiger partial charge in [-0.3, -0.25) is 9.36 Å². The molecule has 0 aliphatic heterocycles. The number of benzene rings is 2. The molecule has 4 aromatic rings. The summed E-state index contributed by atoms with van der Waals surface area (Å²) in [6.45, 7) is 1.49. The summed E-state index contributed by atoms with van der Waals surface area (Å²) in [6.07, 6.45) is 1.46. The minimum Gasteiger partial charge on any atom is -0.493 e. The summed E-state index contributed by atoms with van der Waals surface area (Å²) in [4.78, 5) is 13.0. The second kappa shape index (κ2) is 9.53. The third-order valence-corrected chi connectivity index (χ3v) is 4.82. The first-order chi connectivity index (χ1) is 16.1. The lowest BCUT2D eigenvalue weighted by Gasteiger charge is -2.11. The maximum Gasteiger partial charge on any atom is 0.281 e. The maximum atomic E-state index is 13.0. The van der Waals surface area contributed by atoms with Gasteiger partial charge in [-0.15, -0.1) is 5.11 Å². The Morgan fingerprint density at radius 2 is 1.52 bits per heavy atom. The minimum atomic E-state index is -0.586. The van der Waals surface area contributed by atoms with Gasteiger partial charge in [-0.2, -0.15) is 20.6 Å². The number of furan rings is 1. The fraction of sp³-hybridized carbons (Fsp3) is 0.0833. The molecule has 0 saturated heterocycles. The van der Waals surface area contributed by atoms with Crippen LogP contribution in [-0.2, 0) is 6.54 Å². The topological polar surface area (TPSA) is 129 Å². The molecule has 33 heavy (non-hydrogen) atoms. The van der Waals surface area contributed by atoms with Crippen LogP contribution in [0.1, 0.15) is 16.9 Å². The van der Waals surface area contributed by atoms with E-state index in [2.05, 4.69) is 20.5 Å². The highest BCUT2D eigenvalue weighted by Crippen LogP contribution is 2.28. The number of rotatable bonds is 6. The van der Waals surface area contributed by atoms with Gasteiger partial charge in [0.1, 0.15) is 17.4 Å². The highest BCUT2D eigenvalue weighted by atomic mass is 16.3. The highest BCUT2D eigenvalue weighted by molar-refractivity contribution is 5.57. The lowest BCUT2D eigenvalue weighted by molar-refractivity contribution is 0.397. The molecule has 0 saturated carbocycles. The number of hydrogen-bond acceptors (Lipinski definition) is 8. The molecule has 2 aromatic carbocycles. The van der Waals surface area contributed by atoms with Crippen molar-refractivity contribution < 1.29 is 9.52 Å². The summed E-state index contributed by atoms with van der Waals surface area (Å²) in [5, 5.41) is 36.4. The van der Waals surface area contributed by atoms with Gasteiger partial charge in [0.05, 0.1) is 29.9 Å². The maximum absolute atomic E-state index is 13.0. The van der Waals surface area contributed by atoms with Crippen molar-refractivity contribution in [2.75, 3.05) is 0 Å². The summed E-state index contributed by atoms with van der Waals surface area (Å²) in [5.41, 5.74) is 1.42. The van der Waals surface area contributed by atoms with E-state index in [0.29, 0.717) is 17.1 Å². The van der Waals surface area contributed by atoms with Gasteiger partial charge in [0.15, 0.2) is 5.69 Å². The van der Waals surface area contributed by atoms with Gasteiger partial charge < -0.3 is 9.52 Å². The largest absolute Gasteiger partial charge is 0.493 e. The van der Waals surface area contributed by atoms with Crippen molar-refractivity contribution in [2.45, 2.75) is 13.5 Å². The molecule has 2 heterocycles. The first kappa shape index (κ1) is 21.4. The van der Waals surface area contributed by atoms with Crippen LogP contribution in [0.5, 0.6) is 5.88 Å². The monoisotopic (exact) mass is 438 g/mol. The third-order valence-electron chi connectivity index (χ3n) is 4.82. The molecule has 9 heteroatoms. The van der Waals surface area contributed by atoms with E-state index in [4.69, 9.17) is 4.42 Å². The first-order valence-corrected chi connectivity index (χ1v) is 9.94. The van der Waals surface area contributed by atoms with Crippen LogP contribution >= 0.6 is 0 Å². The van der Waals surface area contributed by atoms with Crippen molar-refractivity contribution in [3.8, 4) is 11.9 Å². The fourth-order valence-electron chi connectivity index (χ4n) is 3.07. The Balaban J connectivity index is 1.62. The Hall–Kier alpha value is -4.84. The van der Waals surface area contributed by atoms with Crippen molar-refractivity contribution >= 4 is 22.7 Å². The van der Waals surface area contributed by atoms with Gasteiger partial charge in [-0.25, -0.2) is 0 Å². The lowest BCUT2D eigenvalue weighted by atomic mass is 10.1. The Morgan fingerprint density at radius 1 is 0.909 bits per heavy atom. The molecule has 162 valence electrons. The number of nitrogens with zero attached hydrogens (tertiary/aromatic N) is 6. The van der Waals surface area contributed by atoms with E-state index in [1.165, 1.54) is 6.26 Å². The van der Waals surface area contributed by atoms with Crippen molar-refractivity contribution in [2.24, 2.45) is 20.5 Å². The van der Waals surface area contributed by atoms with Gasteiger partial charge in [0.25, 0.3) is 5.56 Å². The van der Waals surface area contributed by atoms with E-state index in [1.807, 2.05) is 36.4 Å². The molecule has 1 N–H and O–H groups in total. The van der Waals surface area contributed by atoms with Crippen molar-refractivity contribution in [3.63, 3.8) is 0 Å². The zero-order valence-electron chi connectivity index (χ0n) is 17.6. The minimum absolute atomic E-state index is 0.0382. The van der Waals surface area contributed by atoms with E-state index in [-0.39, 0.29) is 23.4 Å². The van der Waals surface area contributed by atoms with Gasteiger partial charge in [-0.1, -0.05) is 18.2 Å². The standard InChI is InChI=1S/C24H18N6O3/c1-16-21(14-25)23(31)30(15-20-8-5-13-33-20)24(32)22(16)29-28-19-11-9-18(10-12-19)27-26-17-6-3-2-4-7-17/h2-13,31H,15H2,1H3. The van der Waals surface area contributed by atoms with E-state index >= 15 is 0 Å². The van der Waals surface area contributed by atoms with Gasteiger partial charge in [0, 0.05) is 5.56 Å². The zero-order valence-corrected chi connectivity index (χ0v) is 17.6. The molecule has 0 spiro atoms. The average molecular weight is 438 g/mol. The summed E-state index contributed by atoms with van der Waals surface area (Å²) < 4.78 is 6.29. The molecular formula is C24H18N6O3. The summed E-state index contributed by atoms with van der Waals surface area (Å²) in [5.74, 6) is 0.00627. The molecule has 0 atom stereocenters. The Labute approximate surface area is 188 Å². The normalized spacial score (nSPS) is 11.3. The van der Waals surface area contributed by atoms with E-state index in [0.717, 1.165) is 10.3 Å². The number of nitriles is 1.